The van der Waals surface area contributed by atoms with E-state index in [9.17, 15) is 4.79 Å². The maximum Gasteiger partial charge on any atom is 0.233 e. The first-order valence-corrected chi connectivity index (χ1v) is 13.0. The quantitative estimate of drug-likeness (QED) is 0.259. The van der Waals surface area contributed by atoms with E-state index < -0.39 is 0 Å². The number of fused-ring (bicyclic) bond motifs is 1. The number of anilines is 1. The summed E-state index contributed by atoms with van der Waals surface area (Å²) in [6.45, 7) is 6.05. The Hall–Kier alpha value is -2.84. The number of aryl methyl sites for hydroxylation is 1. The molecule has 0 fully saturated rings. The molecule has 2 aromatic heterocycles. The highest BCUT2D eigenvalue weighted by molar-refractivity contribution is 7.99. The molecule has 0 saturated carbocycles. The number of aromatic nitrogens is 3. The zero-order valence-corrected chi connectivity index (χ0v) is 20.6. The fourth-order valence-electron chi connectivity index (χ4n) is 3.60. The van der Waals surface area contributed by atoms with Crippen molar-refractivity contribution in [1.82, 2.24) is 14.5 Å². The highest BCUT2D eigenvalue weighted by Gasteiger charge is 2.21. The van der Waals surface area contributed by atoms with Gasteiger partial charge in [-0.25, -0.2) is 9.97 Å². The predicted octanol–water partition coefficient (Wildman–Crippen LogP) is 5.67. The average molecular weight is 481 g/mol. The summed E-state index contributed by atoms with van der Waals surface area (Å²) < 4.78 is 8.80. The molecule has 172 valence electrons. The number of hydrogen-bond acceptors (Lipinski definition) is 6. The molecular formula is C25H28N4O2S2. The summed E-state index contributed by atoms with van der Waals surface area (Å²) in [5.74, 6) is 1.84. The number of imidazole rings is 1. The van der Waals surface area contributed by atoms with Gasteiger partial charge in [0.15, 0.2) is 5.13 Å². The summed E-state index contributed by atoms with van der Waals surface area (Å²) in [5, 5.41) is 0.714. The van der Waals surface area contributed by atoms with Gasteiger partial charge in [0, 0.05) is 30.4 Å². The molecule has 0 radical (unpaired) electrons. The van der Waals surface area contributed by atoms with Gasteiger partial charge in [0.2, 0.25) is 5.91 Å². The molecule has 1 amide bonds. The number of rotatable bonds is 11. The summed E-state index contributed by atoms with van der Waals surface area (Å²) in [7, 11) is 0. The monoisotopic (exact) mass is 480 g/mol. The molecule has 0 atom stereocenters. The minimum absolute atomic E-state index is 0.0496. The number of nitrogens with zero attached hydrogens (tertiary/aromatic N) is 4. The van der Waals surface area contributed by atoms with Crippen molar-refractivity contribution in [3.8, 4) is 5.75 Å². The van der Waals surface area contributed by atoms with Gasteiger partial charge in [-0.3, -0.25) is 9.69 Å². The molecule has 6 nitrogen and oxygen atoms in total. The zero-order valence-electron chi connectivity index (χ0n) is 18.9. The minimum atomic E-state index is 0.0496. The third-order valence-corrected chi connectivity index (χ3v) is 7.09. The number of carbonyl (C=O) groups is 1. The van der Waals surface area contributed by atoms with Gasteiger partial charge in [0.25, 0.3) is 0 Å². The highest BCUT2D eigenvalue weighted by atomic mass is 32.2. The minimum Gasteiger partial charge on any atom is -0.492 e. The van der Waals surface area contributed by atoms with Crippen LogP contribution in [-0.2, 0) is 17.8 Å². The van der Waals surface area contributed by atoms with Crippen LogP contribution in [0, 0.1) is 0 Å². The molecule has 4 aromatic rings. The molecule has 0 unspecified atom stereocenters. The van der Waals surface area contributed by atoms with Crippen LogP contribution in [0.25, 0.3) is 10.2 Å². The predicted molar refractivity (Wildman–Crippen MR) is 137 cm³/mol. The molecule has 0 aliphatic heterocycles. The molecule has 8 heteroatoms. The van der Waals surface area contributed by atoms with E-state index in [1.165, 1.54) is 16.2 Å². The summed E-state index contributed by atoms with van der Waals surface area (Å²) in [6.07, 6.45) is 6.66. The van der Waals surface area contributed by atoms with Crippen molar-refractivity contribution in [3.05, 3.63) is 66.7 Å². The smallest absolute Gasteiger partial charge is 0.233 e. The van der Waals surface area contributed by atoms with Crippen LogP contribution in [0.1, 0.15) is 25.8 Å². The Kier molecular flexibility index (Phi) is 8.01. The number of ether oxygens (including phenoxy) is 1. The molecule has 0 aliphatic rings. The van der Waals surface area contributed by atoms with Crippen LogP contribution in [0.15, 0.2) is 66.1 Å². The van der Waals surface area contributed by atoms with Crippen molar-refractivity contribution in [3.63, 3.8) is 0 Å². The van der Waals surface area contributed by atoms with E-state index in [0.717, 1.165) is 40.2 Å². The third-order valence-electron chi connectivity index (χ3n) is 5.15. The lowest BCUT2D eigenvalue weighted by atomic mass is 10.1. The van der Waals surface area contributed by atoms with E-state index in [1.807, 2.05) is 52.9 Å². The van der Waals surface area contributed by atoms with E-state index in [-0.39, 0.29) is 5.91 Å². The second kappa shape index (κ2) is 11.3. The molecule has 33 heavy (non-hydrogen) atoms. The first-order chi connectivity index (χ1) is 16.2. The first-order valence-electron chi connectivity index (χ1n) is 11.2. The molecule has 2 aromatic carbocycles. The molecule has 0 saturated heterocycles. The van der Waals surface area contributed by atoms with Gasteiger partial charge < -0.3 is 9.30 Å². The Labute approximate surface area is 202 Å². The maximum absolute atomic E-state index is 13.4. The molecule has 0 bridgehead atoms. The maximum atomic E-state index is 13.4. The molecule has 2 heterocycles. The van der Waals surface area contributed by atoms with E-state index >= 15 is 0 Å². The Balaban J connectivity index is 1.56. The molecule has 0 aliphatic carbocycles. The van der Waals surface area contributed by atoms with Crippen LogP contribution < -0.4 is 9.64 Å². The Morgan fingerprint density at radius 2 is 2.03 bits per heavy atom. The van der Waals surface area contributed by atoms with E-state index in [4.69, 9.17) is 9.72 Å². The zero-order chi connectivity index (χ0) is 23.0. The number of carbonyl (C=O) groups excluding carboxylic acids is 1. The molecular weight excluding hydrogens is 452 g/mol. The van der Waals surface area contributed by atoms with Gasteiger partial charge in [-0.1, -0.05) is 36.5 Å². The fraction of sp³-hybridized carbons (Fsp3) is 0.320. The number of thioether (sulfide) groups is 1. The highest BCUT2D eigenvalue weighted by Crippen LogP contribution is 2.34. The van der Waals surface area contributed by atoms with E-state index in [1.54, 1.807) is 24.3 Å². The van der Waals surface area contributed by atoms with Gasteiger partial charge in [-0.05, 0) is 48.9 Å². The van der Waals surface area contributed by atoms with Crippen LogP contribution >= 0.6 is 23.1 Å². The number of hydrogen-bond donors (Lipinski definition) is 0. The van der Waals surface area contributed by atoms with Crippen LogP contribution in [-0.4, -0.2) is 39.3 Å². The van der Waals surface area contributed by atoms with Crippen LogP contribution in [0.5, 0.6) is 5.75 Å². The van der Waals surface area contributed by atoms with Crippen molar-refractivity contribution in [2.75, 3.05) is 23.8 Å². The van der Waals surface area contributed by atoms with Crippen LogP contribution in [0.4, 0.5) is 5.13 Å². The Morgan fingerprint density at radius 1 is 1.18 bits per heavy atom. The lowest BCUT2D eigenvalue weighted by Gasteiger charge is -2.20. The van der Waals surface area contributed by atoms with Gasteiger partial charge >= 0.3 is 0 Å². The van der Waals surface area contributed by atoms with Crippen molar-refractivity contribution < 1.29 is 9.53 Å². The van der Waals surface area contributed by atoms with Gasteiger partial charge in [0.1, 0.15) is 11.3 Å². The lowest BCUT2D eigenvalue weighted by molar-refractivity contribution is -0.118. The first kappa shape index (κ1) is 23.3. The summed E-state index contributed by atoms with van der Waals surface area (Å²) in [5.41, 5.74) is 1.82. The van der Waals surface area contributed by atoms with Gasteiger partial charge in [-0.15, -0.1) is 11.8 Å². The molecule has 0 spiro atoms. The van der Waals surface area contributed by atoms with Crippen molar-refractivity contribution >= 4 is 44.4 Å². The van der Waals surface area contributed by atoms with Crippen molar-refractivity contribution in [1.29, 1.82) is 0 Å². The van der Waals surface area contributed by atoms with E-state index in [0.29, 0.717) is 24.7 Å². The molecule has 4 rings (SSSR count). The Bertz CT molecular complexity index is 1170. The largest absolute Gasteiger partial charge is 0.492 e. The number of para-hydroxylation sites is 1. The molecule has 0 N–H and O–H groups in total. The summed E-state index contributed by atoms with van der Waals surface area (Å²) >= 11 is 3.33. The van der Waals surface area contributed by atoms with Crippen molar-refractivity contribution in [2.45, 2.75) is 38.1 Å². The van der Waals surface area contributed by atoms with Crippen molar-refractivity contribution in [2.24, 2.45) is 0 Å². The second-order valence-electron chi connectivity index (χ2n) is 7.49. The summed E-state index contributed by atoms with van der Waals surface area (Å²) in [6, 6.07) is 14.2. The number of thiazole rings is 1. The second-order valence-corrected chi connectivity index (χ2v) is 9.83. The topological polar surface area (TPSA) is 60.2 Å². The SMILES string of the molecule is CCOc1cccc2sc(N(CCCn3ccnc3)C(=O)Cc3ccc(SCC)cc3)nc12. The van der Waals surface area contributed by atoms with Crippen LogP contribution in [0.2, 0.25) is 0 Å². The average Bonchev–Trinajstić information content (AvgIpc) is 3.49. The normalized spacial score (nSPS) is 11.1. The van der Waals surface area contributed by atoms with Gasteiger partial charge in [0.05, 0.1) is 24.1 Å². The fourth-order valence-corrected chi connectivity index (χ4v) is 5.28. The number of amides is 1. The summed E-state index contributed by atoms with van der Waals surface area (Å²) in [4.78, 5) is 25.4. The van der Waals surface area contributed by atoms with Gasteiger partial charge in [-0.2, -0.15) is 0 Å². The Morgan fingerprint density at radius 3 is 2.76 bits per heavy atom. The number of benzene rings is 2. The lowest BCUT2D eigenvalue weighted by Crippen LogP contribution is -2.33. The standard InChI is InChI=1S/C25H28N4O2S2/c1-3-31-21-7-5-8-22-24(21)27-25(33-22)29(15-6-14-28-16-13-26-18-28)23(30)17-19-9-11-20(12-10-19)32-4-2/h5,7-13,16,18H,3-4,6,14-15,17H2,1-2H3. The van der Waals surface area contributed by atoms with Crippen LogP contribution in [0.3, 0.4) is 0 Å². The third kappa shape index (κ3) is 5.94. The van der Waals surface area contributed by atoms with E-state index in [2.05, 4.69) is 24.0 Å².